The Morgan fingerprint density at radius 3 is 2.89 bits per heavy atom. The lowest BCUT2D eigenvalue weighted by Gasteiger charge is -2.28. The number of anilines is 1. The minimum Gasteiger partial charge on any atom is -0.397 e. The Labute approximate surface area is 113 Å². The van der Waals surface area contributed by atoms with Gasteiger partial charge in [0.05, 0.1) is 16.3 Å². The normalized spacial score (nSPS) is 23.4. The molecule has 3 nitrogen and oxygen atoms in total. The fraction of sp³-hybridized carbons (Fsp3) is 0.500. The number of nitrogens with two attached hydrogens (primary N) is 1. The Bertz CT molecular complexity index is 461. The maximum Gasteiger partial charge on any atom is 0.256 e. The Morgan fingerprint density at radius 2 is 2.22 bits per heavy atom. The molecular weight excluding hydrogens is 248 g/mol. The third-order valence-electron chi connectivity index (χ3n) is 3.78. The van der Waals surface area contributed by atoms with Crippen molar-refractivity contribution < 1.29 is 4.79 Å². The summed E-state index contributed by atoms with van der Waals surface area (Å²) in [6.07, 6.45) is 3.12. The van der Waals surface area contributed by atoms with Gasteiger partial charge in [0.15, 0.2) is 0 Å². The number of para-hydroxylation sites is 1. The van der Waals surface area contributed by atoms with Gasteiger partial charge in [0.1, 0.15) is 0 Å². The molecule has 1 aliphatic rings. The molecule has 1 amide bonds. The van der Waals surface area contributed by atoms with E-state index in [0.29, 0.717) is 22.3 Å². The van der Waals surface area contributed by atoms with Gasteiger partial charge in [-0.1, -0.05) is 24.6 Å². The summed E-state index contributed by atoms with van der Waals surface area (Å²) < 4.78 is 0. The molecule has 2 atom stereocenters. The number of benzene rings is 1. The number of amides is 1. The van der Waals surface area contributed by atoms with Gasteiger partial charge in [-0.05, 0) is 38.3 Å². The average molecular weight is 267 g/mol. The van der Waals surface area contributed by atoms with Gasteiger partial charge >= 0.3 is 0 Å². The minimum absolute atomic E-state index is 0.00634. The maximum absolute atomic E-state index is 12.6. The highest BCUT2D eigenvalue weighted by Crippen LogP contribution is 2.30. The van der Waals surface area contributed by atoms with Crippen LogP contribution < -0.4 is 5.73 Å². The lowest BCUT2D eigenvalue weighted by atomic mass is 10.1. The smallest absolute Gasteiger partial charge is 0.256 e. The van der Waals surface area contributed by atoms with Crippen molar-refractivity contribution >= 4 is 23.2 Å². The Hall–Kier alpha value is -1.22. The fourth-order valence-corrected chi connectivity index (χ4v) is 2.88. The molecule has 1 aromatic rings. The first-order chi connectivity index (χ1) is 8.56. The topological polar surface area (TPSA) is 46.3 Å². The molecule has 1 aliphatic heterocycles. The molecule has 2 unspecified atom stereocenters. The maximum atomic E-state index is 12.6. The summed E-state index contributed by atoms with van der Waals surface area (Å²) in [6.45, 7) is 4.21. The van der Waals surface area contributed by atoms with Crippen LogP contribution in [0.25, 0.3) is 0 Å². The molecule has 0 spiro atoms. The number of likely N-dealkylation sites (tertiary alicyclic amines) is 1. The second-order valence-corrected chi connectivity index (χ2v) is 5.31. The van der Waals surface area contributed by atoms with Crippen LogP contribution in [0.15, 0.2) is 18.2 Å². The van der Waals surface area contributed by atoms with Crippen LogP contribution in [0.2, 0.25) is 5.02 Å². The van der Waals surface area contributed by atoms with E-state index < -0.39 is 0 Å². The summed E-state index contributed by atoms with van der Waals surface area (Å²) in [4.78, 5) is 14.5. The molecule has 0 aromatic heterocycles. The van der Waals surface area contributed by atoms with Crippen LogP contribution in [0, 0.1) is 0 Å². The van der Waals surface area contributed by atoms with Gasteiger partial charge in [-0.25, -0.2) is 0 Å². The van der Waals surface area contributed by atoms with Crippen molar-refractivity contribution in [1.29, 1.82) is 0 Å². The molecule has 1 heterocycles. The number of rotatable bonds is 2. The van der Waals surface area contributed by atoms with Gasteiger partial charge in [-0.3, -0.25) is 4.79 Å². The van der Waals surface area contributed by atoms with Crippen molar-refractivity contribution in [3.05, 3.63) is 28.8 Å². The molecule has 2 N–H and O–H groups in total. The molecule has 0 bridgehead atoms. The largest absolute Gasteiger partial charge is 0.397 e. The number of halogens is 1. The van der Waals surface area contributed by atoms with Gasteiger partial charge in [-0.15, -0.1) is 0 Å². The number of nitrogens with zero attached hydrogens (tertiary/aromatic N) is 1. The van der Waals surface area contributed by atoms with E-state index in [2.05, 4.69) is 13.8 Å². The molecule has 0 aliphatic carbocycles. The summed E-state index contributed by atoms with van der Waals surface area (Å²) in [5.41, 5.74) is 6.81. The van der Waals surface area contributed by atoms with Crippen LogP contribution in [-0.2, 0) is 0 Å². The van der Waals surface area contributed by atoms with Crippen LogP contribution in [0.3, 0.4) is 0 Å². The molecule has 4 heteroatoms. The van der Waals surface area contributed by atoms with Crippen molar-refractivity contribution in [2.75, 3.05) is 5.73 Å². The second kappa shape index (κ2) is 5.19. The SMILES string of the molecule is CCC1CCC(C)N1C(=O)c1cccc(Cl)c1N. The second-order valence-electron chi connectivity index (χ2n) is 4.90. The zero-order valence-electron chi connectivity index (χ0n) is 10.8. The van der Waals surface area contributed by atoms with Crippen molar-refractivity contribution in [2.45, 2.75) is 45.2 Å². The molecule has 1 saturated heterocycles. The first-order valence-electron chi connectivity index (χ1n) is 6.43. The van der Waals surface area contributed by atoms with E-state index in [1.807, 2.05) is 4.90 Å². The molecule has 0 radical (unpaired) electrons. The molecule has 18 heavy (non-hydrogen) atoms. The Morgan fingerprint density at radius 1 is 1.50 bits per heavy atom. The van der Waals surface area contributed by atoms with Crippen molar-refractivity contribution in [1.82, 2.24) is 4.90 Å². The zero-order valence-corrected chi connectivity index (χ0v) is 11.6. The van der Waals surface area contributed by atoms with Crippen molar-refractivity contribution in [3.8, 4) is 0 Å². The van der Waals surface area contributed by atoms with Gasteiger partial charge in [-0.2, -0.15) is 0 Å². The zero-order chi connectivity index (χ0) is 13.3. The molecule has 1 fully saturated rings. The van der Waals surface area contributed by atoms with Gasteiger partial charge in [0, 0.05) is 12.1 Å². The highest BCUT2D eigenvalue weighted by molar-refractivity contribution is 6.33. The summed E-state index contributed by atoms with van der Waals surface area (Å²) in [5, 5.41) is 0.445. The quantitative estimate of drug-likeness (QED) is 0.835. The summed E-state index contributed by atoms with van der Waals surface area (Å²) in [5.74, 6) is 0.00634. The predicted molar refractivity (Wildman–Crippen MR) is 74.8 cm³/mol. The van der Waals surface area contributed by atoms with E-state index in [4.69, 9.17) is 17.3 Å². The van der Waals surface area contributed by atoms with Gasteiger partial charge in [0.2, 0.25) is 0 Å². The highest BCUT2D eigenvalue weighted by atomic mass is 35.5. The first-order valence-corrected chi connectivity index (χ1v) is 6.80. The van der Waals surface area contributed by atoms with E-state index >= 15 is 0 Å². The van der Waals surface area contributed by atoms with Crippen LogP contribution in [-0.4, -0.2) is 22.9 Å². The van der Waals surface area contributed by atoms with E-state index in [0.717, 1.165) is 19.3 Å². The van der Waals surface area contributed by atoms with E-state index in [-0.39, 0.29) is 11.9 Å². The highest BCUT2D eigenvalue weighted by Gasteiger charge is 2.34. The van der Waals surface area contributed by atoms with Crippen LogP contribution in [0.4, 0.5) is 5.69 Å². The Kier molecular flexibility index (Phi) is 3.81. The standard InChI is InChI=1S/C14H19ClN2O/c1-3-10-8-7-9(2)17(10)14(18)11-5-4-6-12(15)13(11)16/h4-6,9-10H,3,7-8,16H2,1-2H3. The van der Waals surface area contributed by atoms with E-state index in [1.54, 1.807) is 18.2 Å². The van der Waals surface area contributed by atoms with Gasteiger partial charge in [0.25, 0.3) is 5.91 Å². The van der Waals surface area contributed by atoms with Crippen molar-refractivity contribution in [3.63, 3.8) is 0 Å². The average Bonchev–Trinajstić information content (AvgIpc) is 2.73. The molecule has 0 saturated carbocycles. The third kappa shape index (κ3) is 2.19. The monoisotopic (exact) mass is 266 g/mol. The number of nitrogen functional groups attached to an aromatic ring is 1. The third-order valence-corrected chi connectivity index (χ3v) is 4.10. The fourth-order valence-electron chi connectivity index (χ4n) is 2.70. The van der Waals surface area contributed by atoms with Crippen LogP contribution in [0.5, 0.6) is 0 Å². The molecular formula is C14H19ClN2O. The minimum atomic E-state index is 0.00634. The molecule has 1 aromatic carbocycles. The molecule has 98 valence electrons. The summed E-state index contributed by atoms with van der Waals surface area (Å²) in [6, 6.07) is 5.83. The number of carbonyl (C=O) groups is 1. The van der Waals surface area contributed by atoms with E-state index in [9.17, 15) is 4.79 Å². The Balaban J connectivity index is 2.33. The number of hydrogen-bond donors (Lipinski definition) is 1. The number of carbonyl (C=O) groups excluding carboxylic acids is 1. The van der Waals surface area contributed by atoms with Crippen LogP contribution in [0.1, 0.15) is 43.5 Å². The van der Waals surface area contributed by atoms with E-state index in [1.165, 1.54) is 0 Å². The predicted octanol–water partition coefficient (Wildman–Crippen LogP) is 3.33. The van der Waals surface area contributed by atoms with Gasteiger partial charge < -0.3 is 10.6 Å². The lowest BCUT2D eigenvalue weighted by molar-refractivity contribution is 0.0677. The summed E-state index contributed by atoms with van der Waals surface area (Å²) >= 11 is 5.98. The molecule has 2 rings (SSSR count). The lowest BCUT2D eigenvalue weighted by Crippen LogP contribution is -2.40. The number of hydrogen-bond acceptors (Lipinski definition) is 2. The van der Waals surface area contributed by atoms with Crippen LogP contribution >= 0.6 is 11.6 Å². The summed E-state index contributed by atoms with van der Waals surface area (Å²) in [7, 11) is 0. The van der Waals surface area contributed by atoms with Crippen molar-refractivity contribution in [2.24, 2.45) is 0 Å². The first kappa shape index (κ1) is 13.2.